The van der Waals surface area contributed by atoms with Crippen LogP contribution < -0.4 is 5.32 Å². The van der Waals surface area contributed by atoms with E-state index in [4.69, 9.17) is 16.3 Å². The van der Waals surface area contributed by atoms with Crippen molar-refractivity contribution >= 4 is 17.5 Å². The zero-order chi connectivity index (χ0) is 15.1. The number of rotatable bonds is 6. The second kappa shape index (κ2) is 8.37. The summed E-state index contributed by atoms with van der Waals surface area (Å²) in [5.74, 6) is 0.100. The summed E-state index contributed by atoms with van der Waals surface area (Å²) in [6, 6.07) is 7.45. The normalized spacial score (nSPS) is 18.5. The highest BCUT2D eigenvalue weighted by atomic mass is 35.5. The summed E-state index contributed by atoms with van der Waals surface area (Å²) >= 11 is 6.21. The minimum absolute atomic E-state index is 0.100. The molecular weight excluding hydrogens is 288 g/mol. The first kappa shape index (κ1) is 16.3. The number of morpholine rings is 1. The van der Waals surface area contributed by atoms with E-state index in [1.54, 1.807) is 0 Å². The van der Waals surface area contributed by atoms with Crippen molar-refractivity contribution in [2.45, 2.75) is 32.4 Å². The maximum absolute atomic E-state index is 12.7. The molecule has 116 valence electrons. The molecule has 1 aromatic rings. The summed E-state index contributed by atoms with van der Waals surface area (Å²) in [5, 5.41) is 3.93. The number of carbonyl (C=O) groups is 1. The van der Waals surface area contributed by atoms with Crippen molar-refractivity contribution in [2.24, 2.45) is 0 Å². The lowest BCUT2D eigenvalue weighted by atomic mass is 10.1. The monoisotopic (exact) mass is 310 g/mol. The first-order valence-corrected chi connectivity index (χ1v) is 7.93. The van der Waals surface area contributed by atoms with E-state index in [2.05, 4.69) is 12.2 Å². The van der Waals surface area contributed by atoms with Crippen molar-refractivity contribution in [1.29, 1.82) is 0 Å². The number of nitrogens with zero attached hydrogens (tertiary/aromatic N) is 1. The number of unbranched alkanes of at least 4 members (excludes halogenated alkanes) is 1. The van der Waals surface area contributed by atoms with Crippen molar-refractivity contribution in [3.05, 3.63) is 34.9 Å². The Morgan fingerprint density at radius 2 is 2.29 bits per heavy atom. The number of nitrogens with one attached hydrogen (secondary N) is 1. The van der Waals surface area contributed by atoms with Gasteiger partial charge in [-0.2, -0.15) is 0 Å². The van der Waals surface area contributed by atoms with Crippen LogP contribution in [0.2, 0.25) is 5.02 Å². The number of amides is 1. The fourth-order valence-corrected chi connectivity index (χ4v) is 2.59. The van der Waals surface area contributed by atoms with Crippen molar-refractivity contribution in [3.63, 3.8) is 0 Å². The third-order valence-corrected chi connectivity index (χ3v) is 4.00. The van der Waals surface area contributed by atoms with E-state index in [1.807, 2.05) is 29.2 Å². The van der Waals surface area contributed by atoms with Crippen LogP contribution in [0.1, 0.15) is 25.3 Å². The van der Waals surface area contributed by atoms with Crippen LogP contribution in [0.15, 0.2) is 24.3 Å². The van der Waals surface area contributed by atoms with Gasteiger partial charge in [0.15, 0.2) is 0 Å². The Kier molecular flexibility index (Phi) is 6.49. The molecule has 1 unspecified atom stereocenters. The second-order valence-electron chi connectivity index (χ2n) is 5.29. The molecule has 4 nitrogen and oxygen atoms in total. The summed E-state index contributed by atoms with van der Waals surface area (Å²) in [7, 11) is 0. The highest BCUT2D eigenvalue weighted by molar-refractivity contribution is 6.31. The molecule has 1 saturated heterocycles. The molecule has 0 aromatic heterocycles. The van der Waals surface area contributed by atoms with Gasteiger partial charge >= 0.3 is 0 Å². The lowest BCUT2D eigenvalue weighted by molar-refractivity contribution is -0.137. The molecular formula is C16H23ClN2O2. The Hall–Kier alpha value is -1.10. The maximum atomic E-state index is 12.7. The Labute approximate surface area is 131 Å². The average Bonchev–Trinajstić information content (AvgIpc) is 2.53. The molecule has 1 aliphatic rings. The largest absolute Gasteiger partial charge is 0.378 e. The summed E-state index contributed by atoms with van der Waals surface area (Å²) in [6.07, 6.45) is 2.05. The van der Waals surface area contributed by atoms with E-state index in [0.717, 1.165) is 31.5 Å². The number of hydrogen-bond donors (Lipinski definition) is 1. The first-order chi connectivity index (χ1) is 10.2. The summed E-state index contributed by atoms with van der Waals surface area (Å²) in [6.45, 7) is 5.27. The minimum atomic E-state index is -0.238. The Balaban J connectivity index is 2.06. The van der Waals surface area contributed by atoms with Crippen molar-refractivity contribution in [2.75, 3.05) is 26.3 Å². The average molecular weight is 311 g/mol. The molecule has 1 aromatic carbocycles. The molecule has 1 amide bonds. The molecule has 0 bridgehead atoms. The van der Waals surface area contributed by atoms with E-state index in [-0.39, 0.29) is 11.9 Å². The van der Waals surface area contributed by atoms with Crippen LogP contribution in [-0.4, -0.2) is 43.2 Å². The zero-order valence-electron chi connectivity index (χ0n) is 12.5. The third-order valence-electron chi connectivity index (χ3n) is 3.63. The molecule has 0 spiro atoms. The molecule has 1 heterocycles. The summed E-state index contributed by atoms with van der Waals surface area (Å²) in [5.41, 5.74) is 0.986. The zero-order valence-corrected chi connectivity index (χ0v) is 13.2. The van der Waals surface area contributed by atoms with Crippen LogP contribution >= 0.6 is 11.6 Å². The number of ether oxygens (including phenoxy) is 1. The van der Waals surface area contributed by atoms with Crippen molar-refractivity contribution < 1.29 is 9.53 Å². The molecule has 0 aliphatic carbocycles. The molecule has 0 saturated carbocycles. The van der Waals surface area contributed by atoms with Gasteiger partial charge in [-0.15, -0.1) is 0 Å². The van der Waals surface area contributed by atoms with Crippen LogP contribution in [0, 0.1) is 0 Å². The second-order valence-corrected chi connectivity index (χ2v) is 5.69. The Bertz CT molecular complexity index is 461. The van der Waals surface area contributed by atoms with Crippen LogP contribution in [0.4, 0.5) is 0 Å². The number of hydrogen-bond acceptors (Lipinski definition) is 3. The van der Waals surface area contributed by atoms with Crippen LogP contribution in [0.5, 0.6) is 0 Å². The van der Waals surface area contributed by atoms with Crippen molar-refractivity contribution in [1.82, 2.24) is 10.2 Å². The fourth-order valence-electron chi connectivity index (χ4n) is 2.39. The van der Waals surface area contributed by atoms with Gasteiger partial charge in [0.1, 0.15) is 6.04 Å². The van der Waals surface area contributed by atoms with Gasteiger partial charge in [-0.3, -0.25) is 4.79 Å². The predicted molar refractivity (Wildman–Crippen MR) is 84.4 cm³/mol. The SMILES string of the molecule is CCCCN(Cc1ccccc1Cl)C(=O)C1COCCN1. The van der Waals surface area contributed by atoms with Gasteiger partial charge in [0.2, 0.25) is 5.91 Å². The quantitative estimate of drug-likeness (QED) is 0.877. The fraction of sp³-hybridized carbons (Fsp3) is 0.562. The Morgan fingerprint density at radius 1 is 1.48 bits per heavy atom. The van der Waals surface area contributed by atoms with E-state index in [0.29, 0.717) is 24.8 Å². The van der Waals surface area contributed by atoms with E-state index < -0.39 is 0 Å². The Morgan fingerprint density at radius 3 is 2.95 bits per heavy atom. The smallest absolute Gasteiger partial charge is 0.242 e. The molecule has 5 heteroatoms. The van der Waals surface area contributed by atoms with Gasteiger partial charge < -0.3 is 15.0 Å². The summed E-state index contributed by atoms with van der Waals surface area (Å²) in [4.78, 5) is 14.5. The van der Waals surface area contributed by atoms with Crippen LogP contribution in [-0.2, 0) is 16.1 Å². The standard InChI is InChI=1S/C16H23ClN2O2/c1-2-3-9-19(11-13-6-4-5-7-14(13)17)16(20)15-12-21-10-8-18-15/h4-7,15,18H,2-3,8-12H2,1H3. The number of halogens is 1. The van der Waals surface area contributed by atoms with E-state index in [1.165, 1.54) is 0 Å². The third kappa shape index (κ3) is 4.70. The molecule has 1 fully saturated rings. The minimum Gasteiger partial charge on any atom is -0.378 e. The van der Waals surface area contributed by atoms with E-state index >= 15 is 0 Å². The van der Waals surface area contributed by atoms with Crippen LogP contribution in [0.25, 0.3) is 0 Å². The van der Waals surface area contributed by atoms with Crippen molar-refractivity contribution in [3.8, 4) is 0 Å². The number of benzene rings is 1. The molecule has 0 radical (unpaired) electrons. The van der Waals surface area contributed by atoms with Gasteiger partial charge in [0.25, 0.3) is 0 Å². The topological polar surface area (TPSA) is 41.6 Å². The van der Waals surface area contributed by atoms with Gasteiger partial charge in [0, 0.05) is 24.7 Å². The highest BCUT2D eigenvalue weighted by Crippen LogP contribution is 2.18. The predicted octanol–water partition coefficient (Wildman–Crippen LogP) is 2.46. The molecule has 1 N–H and O–H groups in total. The van der Waals surface area contributed by atoms with Gasteiger partial charge in [-0.25, -0.2) is 0 Å². The maximum Gasteiger partial charge on any atom is 0.242 e. The van der Waals surface area contributed by atoms with E-state index in [9.17, 15) is 4.79 Å². The summed E-state index contributed by atoms with van der Waals surface area (Å²) < 4.78 is 5.40. The number of carbonyl (C=O) groups excluding carboxylic acids is 1. The molecule has 1 aliphatic heterocycles. The van der Waals surface area contributed by atoms with Gasteiger partial charge in [0.05, 0.1) is 13.2 Å². The van der Waals surface area contributed by atoms with Crippen LogP contribution in [0.3, 0.4) is 0 Å². The first-order valence-electron chi connectivity index (χ1n) is 7.55. The lowest BCUT2D eigenvalue weighted by Gasteiger charge is -2.30. The highest BCUT2D eigenvalue weighted by Gasteiger charge is 2.26. The van der Waals surface area contributed by atoms with Gasteiger partial charge in [-0.05, 0) is 18.1 Å². The molecule has 1 atom stereocenters. The molecule has 2 rings (SSSR count). The molecule has 21 heavy (non-hydrogen) atoms. The lowest BCUT2D eigenvalue weighted by Crippen LogP contribution is -2.52. The van der Waals surface area contributed by atoms with Gasteiger partial charge in [-0.1, -0.05) is 43.1 Å².